The molecule has 6 rings (SSSR count). The first-order valence-electron chi connectivity index (χ1n) is 11.9. The summed E-state index contributed by atoms with van der Waals surface area (Å²) < 4.78 is 0. The van der Waals surface area contributed by atoms with E-state index in [0.717, 1.165) is 25.1 Å². The van der Waals surface area contributed by atoms with Gasteiger partial charge >= 0.3 is 5.97 Å². The summed E-state index contributed by atoms with van der Waals surface area (Å²) in [4.78, 5) is 16.9. The largest absolute Gasteiger partial charge is 0.481 e. The van der Waals surface area contributed by atoms with Gasteiger partial charge in [0.15, 0.2) is 0 Å². The summed E-state index contributed by atoms with van der Waals surface area (Å²) in [6.07, 6.45) is 3.08. The predicted molar refractivity (Wildman–Crippen MR) is 139 cm³/mol. The zero-order chi connectivity index (χ0) is 23.1. The molecule has 3 aromatic carbocycles. The summed E-state index contributed by atoms with van der Waals surface area (Å²) in [6, 6.07) is 29.1. The molecule has 3 nitrogen and oxygen atoms in total. The maximum atomic E-state index is 13.3. The second-order valence-corrected chi connectivity index (χ2v) is 10.4. The predicted octanol–water partition coefficient (Wildman–Crippen LogP) is 6.68. The standard InChI is InChI=1S/C30H27NO2S/c32-29(33)30-20-31(17-21-9-3-1-4-10-21)18-27(30)25(15-16-26(30)22-11-5-2-6-12-22)28-24-14-8-7-13-23(24)19-34-28/h1-15,19,26-27H,16-18,20H2,(H,32,33). The van der Waals surface area contributed by atoms with Crippen LogP contribution in [0.15, 0.2) is 96.4 Å². The Bertz CT molecular complexity index is 1360. The average molecular weight is 466 g/mol. The van der Waals surface area contributed by atoms with E-state index in [2.05, 4.69) is 77.0 Å². The molecular weight excluding hydrogens is 438 g/mol. The lowest BCUT2D eigenvalue weighted by atomic mass is 9.59. The molecule has 0 amide bonds. The van der Waals surface area contributed by atoms with Gasteiger partial charge in [-0.3, -0.25) is 9.69 Å². The Kier molecular flexibility index (Phi) is 5.35. The Balaban J connectivity index is 1.48. The third kappa shape index (κ3) is 3.41. The van der Waals surface area contributed by atoms with Crippen molar-refractivity contribution in [3.05, 3.63) is 112 Å². The summed E-state index contributed by atoms with van der Waals surface area (Å²) in [5, 5.41) is 15.6. The number of carbonyl (C=O) groups is 1. The van der Waals surface area contributed by atoms with Crippen molar-refractivity contribution in [2.45, 2.75) is 18.9 Å². The topological polar surface area (TPSA) is 40.5 Å². The molecule has 170 valence electrons. The second-order valence-electron chi connectivity index (χ2n) is 9.56. The van der Waals surface area contributed by atoms with E-state index in [1.54, 1.807) is 11.3 Å². The van der Waals surface area contributed by atoms with Crippen LogP contribution in [0.3, 0.4) is 0 Å². The first-order chi connectivity index (χ1) is 16.7. The number of hydrogen-bond acceptors (Lipinski definition) is 3. The lowest BCUT2D eigenvalue weighted by Crippen LogP contribution is -2.46. The maximum absolute atomic E-state index is 13.3. The maximum Gasteiger partial charge on any atom is 0.312 e. The Morgan fingerprint density at radius 2 is 1.65 bits per heavy atom. The van der Waals surface area contributed by atoms with Gasteiger partial charge in [0.25, 0.3) is 0 Å². The fourth-order valence-corrected chi connectivity index (χ4v) is 7.33. The molecule has 1 saturated heterocycles. The summed E-state index contributed by atoms with van der Waals surface area (Å²) in [5.41, 5.74) is 2.72. The van der Waals surface area contributed by atoms with Gasteiger partial charge in [0.2, 0.25) is 0 Å². The molecule has 0 bridgehead atoms. The van der Waals surface area contributed by atoms with Gasteiger partial charge in [0, 0.05) is 36.3 Å². The molecule has 1 aromatic heterocycles. The van der Waals surface area contributed by atoms with Gasteiger partial charge in [-0.05, 0) is 39.3 Å². The van der Waals surface area contributed by atoms with Crippen LogP contribution in [-0.4, -0.2) is 29.1 Å². The SMILES string of the molecule is O=C(O)C12CN(Cc3ccccc3)CC1C(c1scc3ccccc13)=CCC2c1ccccc1. The molecule has 1 N–H and O–H groups in total. The Labute approximate surface area is 204 Å². The van der Waals surface area contributed by atoms with Gasteiger partial charge in [-0.15, -0.1) is 11.3 Å². The van der Waals surface area contributed by atoms with Crippen LogP contribution in [0, 0.1) is 11.3 Å². The highest BCUT2D eigenvalue weighted by Gasteiger charge is 2.59. The number of aliphatic carboxylic acids is 1. The van der Waals surface area contributed by atoms with E-state index in [1.807, 2.05) is 24.3 Å². The monoisotopic (exact) mass is 465 g/mol. The van der Waals surface area contributed by atoms with Gasteiger partial charge in [0.1, 0.15) is 0 Å². The van der Waals surface area contributed by atoms with Crippen molar-refractivity contribution in [1.82, 2.24) is 4.90 Å². The van der Waals surface area contributed by atoms with Crippen molar-refractivity contribution in [3.8, 4) is 0 Å². The van der Waals surface area contributed by atoms with Crippen LogP contribution in [0.4, 0.5) is 0 Å². The number of fused-ring (bicyclic) bond motifs is 2. The van der Waals surface area contributed by atoms with Crippen LogP contribution < -0.4 is 0 Å². The molecule has 2 aliphatic rings. The highest BCUT2D eigenvalue weighted by atomic mass is 32.1. The van der Waals surface area contributed by atoms with Gasteiger partial charge < -0.3 is 5.11 Å². The molecule has 3 atom stereocenters. The summed E-state index contributed by atoms with van der Waals surface area (Å²) >= 11 is 1.75. The van der Waals surface area contributed by atoms with Gasteiger partial charge in [0.05, 0.1) is 5.41 Å². The molecule has 34 heavy (non-hydrogen) atoms. The minimum absolute atomic E-state index is 0.0491. The lowest BCUT2D eigenvalue weighted by Gasteiger charge is -2.42. The molecule has 1 aliphatic heterocycles. The smallest absolute Gasteiger partial charge is 0.312 e. The van der Waals surface area contributed by atoms with Crippen LogP contribution in [0.25, 0.3) is 16.3 Å². The molecule has 0 spiro atoms. The number of carboxylic acid groups (broad SMARTS) is 1. The molecule has 2 heterocycles. The van der Waals surface area contributed by atoms with Crippen LogP contribution >= 0.6 is 11.3 Å². The molecule has 1 aliphatic carbocycles. The number of carboxylic acids is 1. The zero-order valence-electron chi connectivity index (χ0n) is 18.9. The van der Waals surface area contributed by atoms with Crippen molar-refractivity contribution in [2.24, 2.45) is 11.3 Å². The minimum Gasteiger partial charge on any atom is -0.481 e. The molecule has 0 radical (unpaired) electrons. The van der Waals surface area contributed by atoms with Crippen molar-refractivity contribution in [3.63, 3.8) is 0 Å². The summed E-state index contributed by atoms with van der Waals surface area (Å²) in [6.45, 7) is 2.08. The fraction of sp³-hybridized carbons (Fsp3) is 0.233. The van der Waals surface area contributed by atoms with E-state index in [1.165, 1.54) is 26.8 Å². The van der Waals surface area contributed by atoms with E-state index in [0.29, 0.717) is 6.54 Å². The van der Waals surface area contributed by atoms with Crippen molar-refractivity contribution >= 4 is 33.7 Å². The second kappa shape index (κ2) is 8.53. The summed E-state index contributed by atoms with van der Waals surface area (Å²) in [7, 11) is 0. The third-order valence-corrected chi connectivity index (χ3v) is 8.80. The minimum atomic E-state index is -0.856. The molecule has 4 heteroatoms. The molecule has 0 saturated carbocycles. The number of likely N-dealkylation sites (tertiary alicyclic amines) is 1. The van der Waals surface area contributed by atoms with Gasteiger partial charge in [-0.25, -0.2) is 0 Å². The zero-order valence-corrected chi connectivity index (χ0v) is 19.7. The number of nitrogens with zero attached hydrogens (tertiary/aromatic N) is 1. The van der Waals surface area contributed by atoms with Crippen molar-refractivity contribution in [1.29, 1.82) is 0 Å². The third-order valence-electron chi connectivity index (χ3n) is 7.74. The molecule has 4 aromatic rings. The number of hydrogen-bond donors (Lipinski definition) is 1. The van der Waals surface area contributed by atoms with E-state index in [4.69, 9.17) is 0 Å². The van der Waals surface area contributed by atoms with E-state index < -0.39 is 11.4 Å². The highest BCUT2D eigenvalue weighted by Crippen LogP contribution is 2.58. The fourth-order valence-electron chi connectivity index (χ4n) is 6.21. The quantitative estimate of drug-likeness (QED) is 0.358. The van der Waals surface area contributed by atoms with E-state index >= 15 is 0 Å². The first kappa shape index (κ1) is 21.3. The summed E-state index contributed by atoms with van der Waals surface area (Å²) in [5.74, 6) is -0.782. The Hall–Kier alpha value is -3.21. The molecule has 1 fully saturated rings. The number of thiophene rings is 1. The van der Waals surface area contributed by atoms with Crippen LogP contribution in [0.2, 0.25) is 0 Å². The number of benzene rings is 3. The Morgan fingerprint density at radius 3 is 2.41 bits per heavy atom. The van der Waals surface area contributed by atoms with Crippen LogP contribution in [-0.2, 0) is 11.3 Å². The van der Waals surface area contributed by atoms with Crippen molar-refractivity contribution < 1.29 is 9.90 Å². The van der Waals surface area contributed by atoms with Crippen LogP contribution in [0.5, 0.6) is 0 Å². The first-order valence-corrected chi connectivity index (χ1v) is 12.8. The highest BCUT2D eigenvalue weighted by molar-refractivity contribution is 7.12. The average Bonchev–Trinajstić information content (AvgIpc) is 3.47. The molecule has 3 unspecified atom stereocenters. The van der Waals surface area contributed by atoms with Gasteiger partial charge in [-0.2, -0.15) is 0 Å². The van der Waals surface area contributed by atoms with E-state index in [9.17, 15) is 9.90 Å². The normalized spacial score (nSPS) is 24.6. The Morgan fingerprint density at radius 1 is 0.941 bits per heavy atom. The van der Waals surface area contributed by atoms with Crippen LogP contribution in [0.1, 0.15) is 28.3 Å². The van der Waals surface area contributed by atoms with E-state index in [-0.39, 0.29) is 11.8 Å². The van der Waals surface area contributed by atoms with Gasteiger partial charge in [-0.1, -0.05) is 91.0 Å². The number of allylic oxidation sites excluding steroid dienone is 1. The van der Waals surface area contributed by atoms with Crippen molar-refractivity contribution in [2.75, 3.05) is 13.1 Å². The molecular formula is C30H27NO2S. The lowest BCUT2D eigenvalue weighted by molar-refractivity contribution is -0.151. The number of rotatable bonds is 5.